The summed E-state index contributed by atoms with van der Waals surface area (Å²) in [5.41, 5.74) is 3.64. The van der Waals surface area contributed by atoms with Gasteiger partial charge in [-0.25, -0.2) is 0 Å². The number of hydrogen-bond acceptors (Lipinski definition) is 1. The highest BCUT2D eigenvalue weighted by molar-refractivity contribution is 6.35. The SMILES string of the molecule is Cl.Clc1ccc(C2Cc3ccccc3N2)c(Cl)c1. The van der Waals surface area contributed by atoms with Crippen molar-refractivity contribution in [3.8, 4) is 0 Å². The topological polar surface area (TPSA) is 12.0 Å². The second-order valence-corrected chi connectivity index (χ2v) is 5.07. The second kappa shape index (κ2) is 5.40. The predicted molar refractivity (Wildman–Crippen MR) is 80.2 cm³/mol. The van der Waals surface area contributed by atoms with Crippen molar-refractivity contribution in [3.63, 3.8) is 0 Å². The lowest BCUT2D eigenvalue weighted by Crippen LogP contribution is -2.06. The number of benzene rings is 2. The molecule has 1 atom stereocenters. The van der Waals surface area contributed by atoms with Gasteiger partial charge in [0.05, 0.1) is 6.04 Å². The van der Waals surface area contributed by atoms with E-state index in [4.69, 9.17) is 23.2 Å². The van der Waals surface area contributed by atoms with E-state index >= 15 is 0 Å². The van der Waals surface area contributed by atoms with Gasteiger partial charge in [-0.15, -0.1) is 12.4 Å². The van der Waals surface area contributed by atoms with Crippen LogP contribution < -0.4 is 5.32 Å². The molecule has 4 heteroatoms. The van der Waals surface area contributed by atoms with Crippen molar-refractivity contribution in [3.05, 3.63) is 63.6 Å². The number of anilines is 1. The van der Waals surface area contributed by atoms with Crippen LogP contribution in [0.4, 0.5) is 5.69 Å². The maximum Gasteiger partial charge on any atom is 0.0569 e. The molecule has 1 N–H and O–H groups in total. The molecule has 0 fully saturated rings. The molecular weight excluding hydrogens is 289 g/mol. The molecule has 0 bridgehead atoms. The van der Waals surface area contributed by atoms with Crippen molar-refractivity contribution >= 4 is 41.3 Å². The van der Waals surface area contributed by atoms with Gasteiger partial charge in [-0.05, 0) is 35.7 Å². The smallest absolute Gasteiger partial charge is 0.0569 e. The molecule has 0 aromatic heterocycles. The molecule has 0 spiro atoms. The van der Waals surface area contributed by atoms with Gasteiger partial charge in [0.15, 0.2) is 0 Å². The van der Waals surface area contributed by atoms with E-state index in [1.54, 1.807) is 6.07 Å². The van der Waals surface area contributed by atoms with Crippen molar-refractivity contribution in [2.75, 3.05) is 5.32 Å². The molecule has 1 heterocycles. The molecule has 1 unspecified atom stereocenters. The summed E-state index contributed by atoms with van der Waals surface area (Å²) >= 11 is 12.1. The first-order valence-corrected chi connectivity index (χ1v) is 6.29. The van der Waals surface area contributed by atoms with Crippen LogP contribution in [0, 0.1) is 0 Å². The number of fused-ring (bicyclic) bond motifs is 1. The third-order valence-electron chi connectivity index (χ3n) is 3.11. The Balaban J connectivity index is 0.00000120. The Kier molecular flexibility index (Phi) is 4.06. The fourth-order valence-corrected chi connectivity index (χ4v) is 2.81. The number of halogens is 3. The van der Waals surface area contributed by atoms with Crippen molar-refractivity contribution in [1.29, 1.82) is 0 Å². The lowest BCUT2D eigenvalue weighted by Gasteiger charge is -2.13. The second-order valence-electron chi connectivity index (χ2n) is 4.22. The van der Waals surface area contributed by atoms with Gasteiger partial charge in [0.1, 0.15) is 0 Å². The van der Waals surface area contributed by atoms with Crippen LogP contribution in [0.25, 0.3) is 0 Å². The summed E-state index contributed by atoms with van der Waals surface area (Å²) in [7, 11) is 0. The average Bonchev–Trinajstić information content (AvgIpc) is 2.72. The molecule has 2 aromatic carbocycles. The van der Waals surface area contributed by atoms with Gasteiger partial charge in [0.2, 0.25) is 0 Å². The molecule has 1 nitrogen and oxygen atoms in total. The molecule has 1 aliphatic heterocycles. The zero-order chi connectivity index (χ0) is 11.8. The van der Waals surface area contributed by atoms with Gasteiger partial charge in [0, 0.05) is 15.7 Å². The van der Waals surface area contributed by atoms with Crippen LogP contribution in [0.3, 0.4) is 0 Å². The summed E-state index contributed by atoms with van der Waals surface area (Å²) in [6.07, 6.45) is 0.970. The highest BCUT2D eigenvalue weighted by Crippen LogP contribution is 2.37. The third kappa shape index (κ3) is 2.44. The molecule has 3 rings (SSSR count). The number of nitrogens with one attached hydrogen (secondary N) is 1. The van der Waals surface area contributed by atoms with Gasteiger partial charge < -0.3 is 5.32 Å². The number of hydrogen-bond donors (Lipinski definition) is 1. The Labute approximate surface area is 123 Å². The molecule has 1 aliphatic rings. The lowest BCUT2D eigenvalue weighted by atomic mass is 10.0. The highest BCUT2D eigenvalue weighted by Gasteiger charge is 2.23. The van der Waals surface area contributed by atoms with Crippen LogP contribution >= 0.6 is 35.6 Å². The quantitative estimate of drug-likeness (QED) is 0.770. The van der Waals surface area contributed by atoms with Crippen LogP contribution in [0.15, 0.2) is 42.5 Å². The van der Waals surface area contributed by atoms with Gasteiger partial charge in [0.25, 0.3) is 0 Å². The zero-order valence-corrected chi connectivity index (χ0v) is 11.8. The van der Waals surface area contributed by atoms with Crippen LogP contribution in [0.5, 0.6) is 0 Å². The van der Waals surface area contributed by atoms with E-state index in [1.165, 1.54) is 11.3 Å². The van der Waals surface area contributed by atoms with Crippen molar-refractivity contribution in [2.24, 2.45) is 0 Å². The molecule has 0 saturated heterocycles. The first-order valence-electron chi connectivity index (χ1n) is 5.53. The predicted octanol–water partition coefficient (Wildman–Crippen LogP) is 5.12. The average molecular weight is 301 g/mol. The van der Waals surface area contributed by atoms with E-state index in [1.807, 2.05) is 18.2 Å². The van der Waals surface area contributed by atoms with Crippen LogP contribution in [-0.4, -0.2) is 0 Å². The number of para-hydroxylation sites is 1. The first kappa shape index (κ1) is 13.5. The van der Waals surface area contributed by atoms with Crippen LogP contribution in [0.2, 0.25) is 10.0 Å². The Morgan fingerprint density at radius 3 is 2.56 bits per heavy atom. The first-order chi connectivity index (χ1) is 8.24. The third-order valence-corrected chi connectivity index (χ3v) is 3.67. The summed E-state index contributed by atoms with van der Waals surface area (Å²) in [4.78, 5) is 0. The summed E-state index contributed by atoms with van der Waals surface area (Å²) in [6, 6.07) is 14.3. The Morgan fingerprint density at radius 1 is 1.06 bits per heavy atom. The van der Waals surface area contributed by atoms with E-state index in [9.17, 15) is 0 Å². The lowest BCUT2D eigenvalue weighted by molar-refractivity contribution is 0.824. The van der Waals surface area contributed by atoms with Crippen LogP contribution in [-0.2, 0) is 6.42 Å². The van der Waals surface area contributed by atoms with E-state index in [0.717, 1.165) is 17.0 Å². The van der Waals surface area contributed by atoms with Crippen LogP contribution in [0.1, 0.15) is 17.2 Å². The normalized spacial score (nSPS) is 16.7. The Bertz CT molecular complexity index is 544. The standard InChI is InChI=1S/C14H11Cl2N.ClH/c15-10-5-6-11(12(16)8-10)14-7-9-3-1-2-4-13(9)17-14;/h1-6,8,14,17H,7H2;1H. The molecule has 0 amide bonds. The van der Waals surface area contributed by atoms with Gasteiger partial charge >= 0.3 is 0 Å². The van der Waals surface area contributed by atoms with Gasteiger partial charge in [-0.3, -0.25) is 0 Å². The number of rotatable bonds is 1. The molecular formula is C14H12Cl3N. The largest absolute Gasteiger partial charge is 0.378 e. The zero-order valence-electron chi connectivity index (χ0n) is 9.49. The molecule has 2 aromatic rings. The van der Waals surface area contributed by atoms with Gasteiger partial charge in [-0.2, -0.15) is 0 Å². The van der Waals surface area contributed by atoms with Crippen molar-refractivity contribution in [1.82, 2.24) is 0 Å². The molecule has 18 heavy (non-hydrogen) atoms. The summed E-state index contributed by atoms with van der Waals surface area (Å²) in [5, 5.41) is 4.88. The van der Waals surface area contributed by atoms with Gasteiger partial charge in [-0.1, -0.05) is 47.5 Å². The maximum atomic E-state index is 6.23. The van der Waals surface area contributed by atoms with Crippen molar-refractivity contribution < 1.29 is 0 Å². The van der Waals surface area contributed by atoms with E-state index in [2.05, 4.69) is 23.5 Å². The molecule has 0 radical (unpaired) electrons. The Hall–Kier alpha value is -0.890. The summed E-state index contributed by atoms with van der Waals surface area (Å²) in [6.45, 7) is 0. The molecule has 0 aliphatic carbocycles. The van der Waals surface area contributed by atoms with E-state index in [0.29, 0.717) is 5.02 Å². The maximum absolute atomic E-state index is 6.23. The minimum atomic E-state index is 0. The Morgan fingerprint density at radius 2 is 1.83 bits per heavy atom. The fraction of sp³-hybridized carbons (Fsp3) is 0.143. The minimum absolute atomic E-state index is 0. The monoisotopic (exact) mass is 299 g/mol. The summed E-state index contributed by atoms with van der Waals surface area (Å²) < 4.78 is 0. The summed E-state index contributed by atoms with van der Waals surface area (Å²) in [5.74, 6) is 0. The fourth-order valence-electron chi connectivity index (χ4n) is 2.27. The molecule has 0 saturated carbocycles. The van der Waals surface area contributed by atoms with Crippen molar-refractivity contribution in [2.45, 2.75) is 12.5 Å². The van der Waals surface area contributed by atoms with E-state index in [-0.39, 0.29) is 18.4 Å². The molecule has 94 valence electrons. The highest BCUT2D eigenvalue weighted by atomic mass is 35.5. The minimum Gasteiger partial charge on any atom is -0.378 e. The van der Waals surface area contributed by atoms with E-state index < -0.39 is 0 Å².